The molecule has 0 unspecified atom stereocenters. The second kappa shape index (κ2) is 5.91. The third-order valence-corrected chi connectivity index (χ3v) is 4.72. The van der Waals surface area contributed by atoms with E-state index in [4.69, 9.17) is 0 Å². The first kappa shape index (κ1) is 15.5. The van der Waals surface area contributed by atoms with Crippen LogP contribution in [0.15, 0.2) is 60.7 Å². The Kier molecular flexibility index (Phi) is 3.39. The van der Waals surface area contributed by atoms with Gasteiger partial charge < -0.3 is 10.2 Å². The minimum Gasteiger partial charge on any atom is -0.339 e. The van der Waals surface area contributed by atoms with Gasteiger partial charge in [-0.3, -0.25) is 4.79 Å². The summed E-state index contributed by atoms with van der Waals surface area (Å²) in [5, 5.41) is 16.4. The molecule has 0 saturated heterocycles. The van der Waals surface area contributed by atoms with Gasteiger partial charge in [-0.05, 0) is 35.9 Å². The summed E-state index contributed by atoms with van der Waals surface area (Å²) in [5.74, 6) is 1.48. The molecule has 1 aliphatic rings. The lowest BCUT2D eigenvalue weighted by molar-refractivity contribution is -0.117. The van der Waals surface area contributed by atoms with Crippen LogP contribution in [0.1, 0.15) is 5.56 Å². The number of carbonyl (C=O) groups excluding carboxylic acids is 1. The Bertz CT molecular complexity index is 1170. The zero-order valence-electron chi connectivity index (χ0n) is 14.6. The summed E-state index contributed by atoms with van der Waals surface area (Å²) in [6, 6.07) is 19.5. The lowest BCUT2D eigenvalue weighted by atomic mass is 10.1. The lowest BCUT2D eigenvalue weighted by Crippen LogP contribution is -2.20. The van der Waals surface area contributed by atoms with Crippen molar-refractivity contribution in [2.45, 2.75) is 6.42 Å². The highest BCUT2D eigenvalue weighted by Gasteiger charge is 2.23. The van der Waals surface area contributed by atoms with Crippen LogP contribution in [-0.4, -0.2) is 32.8 Å². The average Bonchev–Trinajstić information content (AvgIpc) is 3.23. The van der Waals surface area contributed by atoms with Gasteiger partial charge in [0.2, 0.25) is 5.91 Å². The maximum absolute atomic E-state index is 11.9. The molecule has 1 aliphatic heterocycles. The molecule has 2 aromatic carbocycles. The predicted octanol–water partition coefficient (Wildman–Crippen LogP) is 3.05. The van der Waals surface area contributed by atoms with E-state index in [1.54, 1.807) is 16.5 Å². The Morgan fingerprint density at radius 2 is 1.85 bits per heavy atom. The third-order valence-electron chi connectivity index (χ3n) is 4.72. The van der Waals surface area contributed by atoms with Gasteiger partial charge in [-0.25, -0.2) is 0 Å². The highest BCUT2D eigenvalue weighted by atomic mass is 16.2. The Balaban J connectivity index is 1.50. The van der Waals surface area contributed by atoms with Crippen LogP contribution < -0.4 is 10.2 Å². The molecule has 0 aliphatic carbocycles. The van der Waals surface area contributed by atoms with E-state index in [1.807, 2.05) is 60.7 Å². The first-order chi connectivity index (χ1) is 13.2. The van der Waals surface area contributed by atoms with Gasteiger partial charge in [-0.2, -0.15) is 4.52 Å². The zero-order chi connectivity index (χ0) is 18.4. The second-order valence-electron chi connectivity index (χ2n) is 6.48. The van der Waals surface area contributed by atoms with Crippen molar-refractivity contribution in [1.82, 2.24) is 19.8 Å². The maximum atomic E-state index is 11.9. The molecule has 0 bridgehead atoms. The third kappa shape index (κ3) is 2.60. The highest BCUT2D eigenvalue weighted by Crippen LogP contribution is 2.31. The van der Waals surface area contributed by atoms with E-state index in [9.17, 15) is 4.79 Å². The summed E-state index contributed by atoms with van der Waals surface area (Å²) in [6.07, 6.45) is 0.428. The Labute approximate surface area is 155 Å². The van der Waals surface area contributed by atoms with E-state index >= 15 is 0 Å². The van der Waals surface area contributed by atoms with Crippen LogP contribution >= 0.6 is 0 Å². The fourth-order valence-corrected chi connectivity index (χ4v) is 3.32. The van der Waals surface area contributed by atoms with Gasteiger partial charge in [-0.15, -0.1) is 15.3 Å². The Morgan fingerprint density at radius 3 is 2.70 bits per heavy atom. The smallest absolute Gasteiger partial charge is 0.231 e. The number of anilines is 3. The molecule has 7 nitrogen and oxygen atoms in total. The highest BCUT2D eigenvalue weighted by molar-refractivity contribution is 6.01. The minimum absolute atomic E-state index is 0.110. The number of nitrogens with one attached hydrogen (secondary N) is 1. The summed E-state index contributed by atoms with van der Waals surface area (Å²) in [5.41, 5.74) is 4.49. The number of nitrogens with zero attached hydrogens (tertiary/aromatic N) is 5. The fraction of sp³-hybridized carbons (Fsp3) is 0.100. The SMILES string of the molecule is CN1C(=O)Cc2cc(Nc3ccc4nnc(-c5ccccc5)n4n3)ccc21. The van der Waals surface area contributed by atoms with Crippen LogP contribution in [0.3, 0.4) is 0 Å². The van der Waals surface area contributed by atoms with Crippen molar-refractivity contribution < 1.29 is 4.79 Å². The molecule has 4 aromatic rings. The molecule has 0 saturated carbocycles. The maximum Gasteiger partial charge on any atom is 0.231 e. The van der Waals surface area contributed by atoms with Crippen LogP contribution in [0, 0.1) is 0 Å². The van der Waals surface area contributed by atoms with Gasteiger partial charge in [-0.1, -0.05) is 30.3 Å². The van der Waals surface area contributed by atoms with Crippen LogP contribution in [-0.2, 0) is 11.2 Å². The molecule has 2 aromatic heterocycles. The molecule has 0 spiro atoms. The summed E-state index contributed by atoms with van der Waals surface area (Å²) < 4.78 is 1.72. The van der Waals surface area contributed by atoms with Crippen molar-refractivity contribution in [2.75, 3.05) is 17.3 Å². The zero-order valence-corrected chi connectivity index (χ0v) is 14.6. The molecule has 0 atom stereocenters. The van der Waals surface area contributed by atoms with Gasteiger partial charge in [0.05, 0.1) is 6.42 Å². The molecule has 3 heterocycles. The Morgan fingerprint density at radius 1 is 1.00 bits per heavy atom. The molecule has 0 radical (unpaired) electrons. The van der Waals surface area contributed by atoms with Crippen LogP contribution in [0.5, 0.6) is 0 Å². The van der Waals surface area contributed by atoms with Crippen molar-refractivity contribution in [1.29, 1.82) is 0 Å². The first-order valence-electron chi connectivity index (χ1n) is 8.63. The first-order valence-corrected chi connectivity index (χ1v) is 8.63. The standard InChI is InChI=1S/C20H16N6O/c1-25-16-8-7-15(11-14(16)12-19(25)27)21-17-9-10-18-22-23-20(26(18)24-17)13-5-3-2-4-6-13/h2-11H,12H2,1H3,(H,21,24). The van der Waals surface area contributed by atoms with E-state index in [1.165, 1.54) is 0 Å². The van der Waals surface area contributed by atoms with Gasteiger partial charge in [0.15, 0.2) is 17.3 Å². The molecule has 1 N–H and O–H groups in total. The molecule has 7 heteroatoms. The van der Waals surface area contributed by atoms with Gasteiger partial charge in [0, 0.05) is 24.0 Å². The van der Waals surface area contributed by atoms with E-state index < -0.39 is 0 Å². The summed E-state index contributed by atoms with van der Waals surface area (Å²) >= 11 is 0. The van der Waals surface area contributed by atoms with Gasteiger partial charge >= 0.3 is 0 Å². The van der Waals surface area contributed by atoms with Crippen molar-refractivity contribution in [3.05, 3.63) is 66.2 Å². The molecule has 132 valence electrons. The normalized spacial score (nSPS) is 13.2. The van der Waals surface area contributed by atoms with E-state index in [-0.39, 0.29) is 5.91 Å². The number of likely N-dealkylation sites (N-methyl/N-ethyl adjacent to an activating group) is 1. The molecule has 0 fully saturated rings. The monoisotopic (exact) mass is 356 g/mol. The van der Waals surface area contributed by atoms with E-state index in [0.29, 0.717) is 23.7 Å². The number of rotatable bonds is 3. The van der Waals surface area contributed by atoms with Gasteiger partial charge in [0.25, 0.3) is 0 Å². The molecule has 5 rings (SSSR count). The lowest BCUT2D eigenvalue weighted by Gasteiger charge is -2.11. The summed E-state index contributed by atoms with van der Waals surface area (Å²) in [7, 11) is 1.80. The number of fused-ring (bicyclic) bond motifs is 2. The van der Waals surface area contributed by atoms with Crippen molar-refractivity contribution in [3.8, 4) is 11.4 Å². The summed E-state index contributed by atoms with van der Waals surface area (Å²) in [6.45, 7) is 0. The molecular weight excluding hydrogens is 340 g/mol. The summed E-state index contributed by atoms with van der Waals surface area (Å²) in [4.78, 5) is 13.6. The van der Waals surface area contributed by atoms with Gasteiger partial charge in [0.1, 0.15) is 0 Å². The van der Waals surface area contributed by atoms with Crippen molar-refractivity contribution >= 4 is 28.7 Å². The minimum atomic E-state index is 0.110. The van der Waals surface area contributed by atoms with E-state index in [2.05, 4.69) is 20.6 Å². The molecule has 27 heavy (non-hydrogen) atoms. The van der Waals surface area contributed by atoms with E-state index in [0.717, 1.165) is 22.5 Å². The largest absolute Gasteiger partial charge is 0.339 e. The van der Waals surface area contributed by atoms with Crippen LogP contribution in [0.2, 0.25) is 0 Å². The Hall–Kier alpha value is -3.74. The predicted molar refractivity (Wildman–Crippen MR) is 103 cm³/mol. The van der Waals surface area contributed by atoms with Crippen molar-refractivity contribution in [3.63, 3.8) is 0 Å². The van der Waals surface area contributed by atoms with Crippen molar-refractivity contribution in [2.24, 2.45) is 0 Å². The van der Waals surface area contributed by atoms with Crippen LogP contribution in [0.4, 0.5) is 17.2 Å². The number of carbonyl (C=O) groups is 1. The van der Waals surface area contributed by atoms with Crippen LogP contribution in [0.25, 0.3) is 17.0 Å². The molecular formula is C20H16N6O. The quantitative estimate of drug-likeness (QED) is 0.611. The fourth-order valence-electron chi connectivity index (χ4n) is 3.32. The number of benzene rings is 2. The number of hydrogen-bond acceptors (Lipinski definition) is 5. The number of aromatic nitrogens is 4. The number of amides is 1. The second-order valence-corrected chi connectivity index (χ2v) is 6.48. The number of hydrogen-bond donors (Lipinski definition) is 1. The molecule has 1 amide bonds. The average molecular weight is 356 g/mol. The topological polar surface area (TPSA) is 75.4 Å².